The Morgan fingerprint density at radius 3 is 2.48 bits per heavy atom. The Hall–Kier alpha value is -1.71. The molecule has 0 aromatic heterocycles. The molecule has 0 spiro atoms. The van der Waals surface area contributed by atoms with Crippen molar-refractivity contribution in [2.75, 3.05) is 19.0 Å². The van der Waals surface area contributed by atoms with Crippen molar-refractivity contribution in [3.05, 3.63) is 59.1 Å². The highest BCUT2D eigenvalue weighted by atomic mass is 35.5. The molecule has 3 nitrogen and oxygen atoms in total. The van der Waals surface area contributed by atoms with Crippen LogP contribution in [0, 0.1) is 0 Å². The van der Waals surface area contributed by atoms with E-state index in [1.165, 1.54) is 0 Å². The lowest BCUT2D eigenvalue weighted by Gasteiger charge is -2.34. The topological polar surface area (TPSA) is 41.5 Å². The molecule has 112 valence electrons. The van der Waals surface area contributed by atoms with Crippen LogP contribution in [0.5, 0.6) is 5.75 Å². The first kappa shape index (κ1) is 15.7. The smallest absolute Gasteiger partial charge is 0.120 e. The number of anilines is 1. The number of rotatable bonds is 6. The number of aliphatic hydroxyl groups is 1. The number of methoxy groups -OCH3 is 1. The van der Waals surface area contributed by atoms with E-state index in [9.17, 15) is 5.11 Å². The Labute approximate surface area is 130 Å². The fourth-order valence-corrected chi connectivity index (χ4v) is 2.48. The molecule has 0 heterocycles. The van der Waals surface area contributed by atoms with Crippen LogP contribution in [0.3, 0.4) is 0 Å². The minimum atomic E-state index is -0.545. The minimum Gasteiger partial charge on any atom is -0.497 e. The highest BCUT2D eigenvalue weighted by molar-refractivity contribution is 6.30. The van der Waals surface area contributed by atoms with Crippen molar-refractivity contribution in [2.45, 2.75) is 18.9 Å². The molecule has 0 bridgehead atoms. The normalized spacial score (nSPS) is 13.5. The Morgan fingerprint density at radius 1 is 1.19 bits per heavy atom. The Bertz CT molecular complexity index is 580. The zero-order chi connectivity index (χ0) is 15.3. The Kier molecular flexibility index (Phi) is 5.10. The van der Waals surface area contributed by atoms with E-state index in [2.05, 4.69) is 5.32 Å². The molecule has 2 rings (SSSR count). The van der Waals surface area contributed by atoms with Crippen molar-refractivity contribution in [3.8, 4) is 5.75 Å². The van der Waals surface area contributed by atoms with E-state index in [4.69, 9.17) is 16.3 Å². The molecule has 0 amide bonds. The van der Waals surface area contributed by atoms with Crippen LogP contribution in [0.25, 0.3) is 0 Å². The summed E-state index contributed by atoms with van der Waals surface area (Å²) in [6.07, 6.45) is 0.738. The van der Waals surface area contributed by atoms with E-state index < -0.39 is 5.54 Å². The predicted molar refractivity (Wildman–Crippen MR) is 87.1 cm³/mol. The molecular formula is C17H20ClNO2. The van der Waals surface area contributed by atoms with Gasteiger partial charge in [0, 0.05) is 16.8 Å². The van der Waals surface area contributed by atoms with E-state index in [0.29, 0.717) is 5.02 Å². The summed E-state index contributed by atoms with van der Waals surface area (Å²) in [7, 11) is 1.64. The van der Waals surface area contributed by atoms with Gasteiger partial charge in [0.05, 0.1) is 19.3 Å². The summed E-state index contributed by atoms with van der Waals surface area (Å²) in [5, 5.41) is 14.1. The van der Waals surface area contributed by atoms with Crippen molar-refractivity contribution in [1.29, 1.82) is 0 Å². The van der Waals surface area contributed by atoms with Crippen LogP contribution >= 0.6 is 11.6 Å². The highest BCUT2D eigenvalue weighted by Gasteiger charge is 2.29. The number of aliphatic hydroxyl groups excluding tert-OH is 1. The minimum absolute atomic E-state index is 0.0116. The lowest BCUT2D eigenvalue weighted by Crippen LogP contribution is -2.38. The van der Waals surface area contributed by atoms with Gasteiger partial charge >= 0.3 is 0 Å². The lowest BCUT2D eigenvalue weighted by atomic mass is 9.87. The van der Waals surface area contributed by atoms with Crippen molar-refractivity contribution < 1.29 is 9.84 Å². The van der Waals surface area contributed by atoms with Crippen molar-refractivity contribution in [2.24, 2.45) is 0 Å². The molecule has 0 saturated carbocycles. The van der Waals surface area contributed by atoms with Gasteiger partial charge in [0.25, 0.3) is 0 Å². The predicted octanol–water partition coefficient (Wildman–Crippen LogP) is 4.06. The van der Waals surface area contributed by atoms with Crippen molar-refractivity contribution in [1.82, 2.24) is 0 Å². The second-order valence-corrected chi connectivity index (χ2v) is 5.39. The molecule has 0 fully saturated rings. The molecule has 4 heteroatoms. The molecule has 0 saturated heterocycles. The van der Waals surface area contributed by atoms with Gasteiger partial charge in [0.1, 0.15) is 5.75 Å². The van der Waals surface area contributed by atoms with Crippen LogP contribution in [0.15, 0.2) is 48.5 Å². The second kappa shape index (κ2) is 6.83. The highest BCUT2D eigenvalue weighted by Crippen LogP contribution is 2.31. The fraction of sp³-hybridized carbons (Fsp3) is 0.294. The molecule has 0 aliphatic rings. The van der Waals surface area contributed by atoms with Crippen LogP contribution in [0.4, 0.5) is 5.69 Å². The molecule has 0 radical (unpaired) electrons. The molecule has 1 atom stereocenters. The first-order chi connectivity index (χ1) is 10.1. The molecule has 2 aromatic carbocycles. The monoisotopic (exact) mass is 305 g/mol. The molecular weight excluding hydrogens is 286 g/mol. The van der Waals surface area contributed by atoms with Gasteiger partial charge in [-0.25, -0.2) is 0 Å². The summed E-state index contributed by atoms with van der Waals surface area (Å²) in [6, 6.07) is 15.2. The number of hydrogen-bond acceptors (Lipinski definition) is 3. The second-order valence-electron chi connectivity index (χ2n) is 4.96. The molecule has 1 unspecified atom stereocenters. The van der Waals surface area contributed by atoms with Gasteiger partial charge < -0.3 is 15.2 Å². The SMILES string of the molecule is CCC(CO)(Nc1cccc(OC)c1)c1ccc(Cl)cc1. The van der Waals surface area contributed by atoms with Crippen LogP contribution in [0.2, 0.25) is 5.02 Å². The summed E-state index contributed by atoms with van der Waals surface area (Å²) in [5.41, 5.74) is 1.36. The summed E-state index contributed by atoms with van der Waals surface area (Å²) in [5.74, 6) is 0.777. The van der Waals surface area contributed by atoms with Gasteiger partial charge in [-0.1, -0.05) is 36.7 Å². The van der Waals surface area contributed by atoms with Crippen LogP contribution in [-0.2, 0) is 5.54 Å². The Balaban J connectivity index is 2.35. The number of ether oxygens (including phenoxy) is 1. The molecule has 0 aliphatic heterocycles. The van der Waals surface area contributed by atoms with Gasteiger partial charge in [-0.3, -0.25) is 0 Å². The van der Waals surface area contributed by atoms with Gasteiger partial charge in [-0.05, 0) is 36.2 Å². The standard InChI is InChI=1S/C17H20ClNO2/c1-3-17(12-20,13-7-9-14(18)10-8-13)19-15-5-4-6-16(11-15)21-2/h4-11,19-20H,3,12H2,1-2H3. The number of nitrogens with one attached hydrogen (secondary N) is 1. The van der Waals surface area contributed by atoms with E-state index in [1.54, 1.807) is 7.11 Å². The average Bonchev–Trinajstić information content (AvgIpc) is 2.54. The quantitative estimate of drug-likeness (QED) is 0.845. The zero-order valence-corrected chi connectivity index (χ0v) is 13.0. The largest absolute Gasteiger partial charge is 0.497 e. The third kappa shape index (κ3) is 3.49. The Morgan fingerprint density at radius 2 is 1.90 bits per heavy atom. The van der Waals surface area contributed by atoms with E-state index in [-0.39, 0.29) is 6.61 Å². The zero-order valence-electron chi connectivity index (χ0n) is 12.3. The third-order valence-electron chi connectivity index (χ3n) is 3.72. The van der Waals surface area contributed by atoms with Crippen LogP contribution in [0.1, 0.15) is 18.9 Å². The maximum Gasteiger partial charge on any atom is 0.120 e. The lowest BCUT2D eigenvalue weighted by molar-refractivity contribution is 0.207. The van der Waals surface area contributed by atoms with Crippen molar-refractivity contribution in [3.63, 3.8) is 0 Å². The van der Waals surface area contributed by atoms with Gasteiger partial charge in [0.15, 0.2) is 0 Å². The number of halogens is 1. The first-order valence-electron chi connectivity index (χ1n) is 6.92. The third-order valence-corrected chi connectivity index (χ3v) is 3.98. The van der Waals surface area contributed by atoms with Gasteiger partial charge in [0.2, 0.25) is 0 Å². The van der Waals surface area contributed by atoms with Gasteiger partial charge in [-0.2, -0.15) is 0 Å². The average molecular weight is 306 g/mol. The van der Waals surface area contributed by atoms with Crippen LogP contribution in [-0.4, -0.2) is 18.8 Å². The fourth-order valence-electron chi connectivity index (χ4n) is 2.35. The van der Waals surface area contributed by atoms with Gasteiger partial charge in [-0.15, -0.1) is 0 Å². The molecule has 2 N–H and O–H groups in total. The summed E-state index contributed by atoms with van der Waals surface area (Å²) >= 11 is 5.95. The molecule has 21 heavy (non-hydrogen) atoms. The first-order valence-corrected chi connectivity index (χ1v) is 7.30. The summed E-state index contributed by atoms with van der Waals surface area (Å²) in [4.78, 5) is 0. The van der Waals surface area contributed by atoms with E-state index >= 15 is 0 Å². The molecule has 2 aromatic rings. The van der Waals surface area contributed by atoms with E-state index in [1.807, 2.05) is 55.5 Å². The number of benzene rings is 2. The van der Waals surface area contributed by atoms with Crippen LogP contribution < -0.4 is 10.1 Å². The maximum absolute atomic E-state index is 9.96. The summed E-state index contributed by atoms with van der Waals surface area (Å²) in [6.45, 7) is 2.03. The summed E-state index contributed by atoms with van der Waals surface area (Å²) < 4.78 is 5.24. The maximum atomic E-state index is 9.96. The van der Waals surface area contributed by atoms with E-state index in [0.717, 1.165) is 23.4 Å². The van der Waals surface area contributed by atoms with Crippen molar-refractivity contribution >= 4 is 17.3 Å². The number of hydrogen-bond donors (Lipinski definition) is 2. The molecule has 0 aliphatic carbocycles.